The van der Waals surface area contributed by atoms with Crippen LogP contribution in [0.4, 0.5) is 10.5 Å². The van der Waals surface area contributed by atoms with Gasteiger partial charge in [0, 0.05) is 5.56 Å². The fourth-order valence-corrected chi connectivity index (χ4v) is 1.95. The van der Waals surface area contributed by atoms with Crippen LogP contribution in [-0.4, -0.2) is 16.2 Å². The summed E-state index contributed by atoms with van der Waals surface area (Å²) in [6, 6.07) is 15.9. The molecule has 0 bridgehead atoms. The highest BCUT2D eigenvalue weighted by molar-refractivity contribution is 5.92. The third kappa shape index (κ3) is 2.74. The van der Waals surface area contributed by atoms with Gasteiger partial charge in [-0.1, -0.05) is 47.6 Å². The Labute approximate surface area is 120 Å². The Morgan fingerprint density at radius 1 is 1.05 bits per heavy atom. The lowest BCUT2D eigenvalue weighted by Crippen LogP contribution is -2.19. The van der Waals surface area contributed by atoms with Crippen LogP contribution in [0, 0.1) is 0 Å². The predicted octanol–water partition coefficient (Wildman–Crippen LogP) is 2.89. The number of anilines is 1. The normalized spacial score (nSPS) is 10.3. The molecule has 0 aliphatic carbocycles. The maximum Gasteiger partial charge on any atom is 0.316 e. The molecule has 3 rings (SSSR count). The van der Waals surface area contributed by atoms with Crippen molar-refractivity contribution in [1.82, 2.24) is 10.1 Å². The van der Waals surface area contributed by atoms with Gasteiger partial charge in [-0.3, -0.25) is 0 Å². The molecule has 0 saturated carbocycles. The first-order valence-corrected chi connectivity index (χ1v) is 6.29. The number of nitrogens with two attached hydrogens (primary N) is 1. The molecule has 0 fully saturated rings. The first-order chi connectivity index (χ1) is 10.2. The fourth-order valence-electron chi connectivity index (χ4n) is 1.95. The van der Waals surface area contributed by atoms with E-state index < -0.39 is 6.03 Å². The van der Waals surface area contributed by atoms with E-state index in [4.69, 9.17) is 10.3 Å². The third-order valence-electron chi connectivity index (χ3n) is 2.87. The summed E-state index contributed by atoms with van der Waals surface area (Å²) >= 11 is 0. The number of urea groups is 1. The van der Waals surface area contributed by atoms with Gasteiger partial charge in [0.15, 0.2) is 0 Å². The largest absolute Gasteiger partial charge is 0.351 e. The summed E-state index contributed by atoms with van der Waals surface area (Å²) in [5.41, 5.74) is 7.14. The zero-order valence-corrected chi connectivity index (χ0v) is 11.0. The summed E-state index contributed by atoms with van der Waals surface area (Å²) in [5.74, 6) is 0.803. The molecule has 0 saturated heterocycles. The Bertz CT molecular complexity index is 768. The van der Waals surface area contributed by atoms with Gasteiger partial charge in [0.1, 0.15) is 0 Å². The van der Waals surface area contributed by atoms with Crippen molar-refractivity contribution in [1.29, 1.82) is 0 Å². The number of hydrogen-bond acceptors (Lipinski definition) is 4. The van der Waals surface area contributed by atoms with Crippen molar-refractivity contribution in [2.24, 2.45) is 5.73 Å². The zero-order valence-electron chi connectivity index (χ0n) is 11.0. The van der Waals surface area contributed by atoms with Crippen molar-refractivity contribution >= 4 is 11.7 Å². The number of nitrogens with zero attached hydrogens (tertiary/aromatic N) is 2. The molecule has 3 N–H and O–H groups in total. The van der Waals surface area contributed by atoms with E-state index >= 15 is 0 Å². The van der Waals surface area contributed by atoms with Gasteiger partial charge in [0.2, 0.25) is 5.82 Å². The SMILES string of the molecule is NC(=O)Nc1ccccc1-c1nc(-c2ccccc2)no1. The van der Waals surface area contributed by atoms with Crippen molar-refractivity contribution < 1.29 is 9.32 Å². The van der Waals surface area contributed by atoms with Crippen LogP contribution in [0.15, 0.2) is 59.1 Å². The molecule has 1 aromatic heterocycles. The molecule has 6 heteroatoms. The maximum atomic E-state index is 11.0. The summed E-state index contributed by atoms with van der Waals surface area (Å²) in [6.45, 7) is 0. The van der Waals surface area contributed by atoms with Gasteiger partial charge in [-0.25, -0.2) is 4.79 Å². The minimum atomic E-state index is -0.648. The second kappa shape index (κ2) is 5.46. The van der Waals surface area contributed by atoms with Crippen molar-refractivity contribution in [3.8, 4) is 22.8 Å². The third-order valence-corrected chi connectivity index (χ3v) is 2.87. The highest BCUT2D eigenvalue weighted by Crippen LogP contribution is 2.28. The molecule has 104 valence electrons. The van der Waals surface area contributed by atoms with Gasteiger partial charge in [-0.05, 0) is 12.1 Å². The van der Waals surface area contributed by atoms with E-state index in [1.54, 1.807) is 18.2 Å². The standard InChI is InChI=1S/C15H12N4O2/c16-15(20)17-12-9-5-4-8-11(12)14-18-13(19-21-14)10-6-2-1-3-7-10/h1-9H,(H3,16,17,20). The summed E-state index contributed by atoms with van der Waals surface area (Å²) in [4.78, 5) is 15.4. The van der Waals surface area contributed by atoms with Gasteiger partial charge in [-0.15, -0.1) is 0 Å². The second-order valence-electron chi connectivity index (χ2n) is 4.32. The van der Waals surface area contributed by atoms with Crippen LogP contribution in [-0.2, 0) is 0 Å². The number of carbonyl (C=O) groups is 1. The molecule has 6 nitrogen and oxygen atoms in total. The highest BCUT2D eigenvalue weighted by atomic mass is 16.5. The molecule has 0 unspecified atom stereocenters. The molecule has 0 spiro atoms. The van der Waals surface area contributed by atoms with Gasteiger partial charge >= 0.3 is 6.03 Å². The van der Waals surface area contributed by atoms with Crippen LogP contribution in [0.2, 0.25) is 0 Å². The number of rotatable bonds is 3. The molecule has 21 heavy (non-hydrogen) atoms. The molecule has 2 amide bonds. The first-order valence-electron chi connectivity index (χ1n) is 6.29. The van der Waals surface area contributed by atoms with Gasteiger partial charge in [-0.2, -0.15) is 4.98 Å². The summed E-state index contributed by atoms with van der Waals surface area (Å²) in [5, 5.41) is 6.48. The van der Waals surface area contributed by atoms with E-state index in [1.807, 2.05) is 36.4 Å². The van der Waals surface area contributed by atoms with Crippen LogP contribution >= 0.6 is 0 Å². The average molecular weight is 280 g/mol. The van der Waals surface area contributed by atoms with E-state index in [-0.39, 0.29) is 0 Å². The molecule has 2 aromatic carbocycles. The number of aromatic nitrogens is 2. The van der Waals surface area contributed by atoms with E-state index in [9.17, 15) is 4.79 Å². The highest BCUT2D eigenvalue weighted by Gasteiger charge is 2.14. The summed E-state index contributed by atoms with van der Waals surface area (Å²) in [7, 11) is 0. The van der Waals surface area contributed by atoms with Crippen molar-refractivity contribution in [3.63, 3.8) is 0 Å². The molecular weight excluding hydrogens is 268 g/mol. The maximum absolute atomic E-state index is 11.0. The molecule has 3 aromatic rings. The Hall–Kier alpha value is -3.15. The number of nitrogens with one attached hydrogen (secondary N) is 1. The minimum Gasteiger partial charge on any atom is -0.351 e. The second-order valence-corrected chi connectivity index (χ2v) is 4.32. The number of hydrogen-bond donors (Lipinski definition) is 2. The minimum absolute atomic E-state index is 0.318. The van der Waals surface area contributed by atoms with Crippen LogP contribution in [0.25, 0.3) is 22.8 Å². The van der Waals surface area contributed by atoms with Crippen LogP contribution in [0.3, 0.4) is 0 Å². The molecule has 0 radical (unpaired) electrons. The molecule has 0 aliphatic rings. The van der Waals surface area contributed by atoms with Crippen molar-refractivity contribution in [2.45, 2.75) is 0 Å². The average Bonchev–Trinajstić information content (AvgIpc) is 2.98. The number of benzene rings is 2. The van der Waals surface area contributed by atoms with Crippen molar-refractivity contribution in [2.75, 3.05) is 5.32 Å². The molecule has 0 aliphatic heterocycles. The molecule has 1 heterocycles. The van der Waals surface area contributed by atoms with Crippen LogP contribution in [0.5, 0.6) is 0 Å². The van der Waals surface area contributed by atoms with E-state index in [0.29, 0.717) is 23.0 Å². The number of carbonyl (C=O) groups excluding carboxylic acids is 1. The summed E-state index contributed by atoms with van der Waals surface area (Å²) in [6.07, 6.45) is 0. The quantitative estimate of drug-likeness (QED) is 0.771. The Kier molecular flexibility index (Phi) is 3.34. The lowest BCUT2D eigenvalue weighted by atomic mass is 10.1. The lowest BCUT2D eigenvalue weighted by Gasteiger charge is -2.05. The van der Waals surface area contributed by atoms with E-state index in [0.717, 1.165) is 5.56 Å². The van der Waals surface area contributed by atoms with E-state index in [1.165, 1.54) is 0 Å². The molecule has 0 atom stereocenters. The van der Waals surface area contributed by atoms with Gasteiger partial charge < -0.3 is 15.6 Å². The Morgan fingerprint density at radius 3 is 2.52 bits per heavy atom. The lowest BCUT2D eigenvalue weighted by molar-refractivity contribution is 0.259. The van der Waals surface area contributed by atoms with Crippen LogP contribution in [0.1, 0.15) is 0 Å². The zero-order chi connectivity index (χ0) is 14.7. The monoisotopic (exact) mass is 280 g/mol. The first kappa shape index (κ1) is 12.9. The van der Waals surface area contributed by atoms with Crippen molar-refractivity contribution in [3.05, 3.63) is 54.6 Å². The number of primary amides is 1. The van der Waals surface area contributed by atoms with Crippen LogP contribution < -0.4 is 11.1 Å². The Balaban J connectivity index is 1.99. The van der Waals surface area contributed by atoms with Gasteiger partial charge in [0.25, 0.3) is 5.89 Å². The Morgan fingerprint density at radius 2 is 1.76 bits per heavy atom. The number of amides is 2. The molecular formula is C15H12N4O2. The van der Waals surface area contributed by atoms with Gasteiger partial charge in [0.05, 0.1) is 11.3 Å². The predicted molar refractivity (Wildman–Crippen MR) is 78.4 cm³/mol. The smallest absolute Gasteiger partial charge is 0.316 e. The summed E-state index contributed by atoms with van der Waals surface area (Å²) < 4.78 is 5.27. The fraction of sp³-hybridized carbons (Fsp3) is 0. The number of para-hydroxylation sites is 1. The van der Waals surface area contributed by atoms with E-state index in [2.05, 4.69) is 15.5 Å². The topological polar surface area (TPSA) is 94.0 Å².